The number of allylic oxidation sites excluding steroid dienone is 8. The van der Waals surface area contributed by atoms with Gasteiger partial charge in [0.1, 0.15) is 0 Å². The van der Waals surface area contributed by atoms with Crippen molar-refractivity contribution in [2.75, 3.05) is 0 Å². The zero-order valence-corrected chi connectivity index (χ0v) is 24.3. The van der Waals surface area contributed by atoms with Gasteiger partial charge in [0.25, 0.3) is 0 Å². The average molecular weight is 517 g/mol. The first-order chi connectivity index (χ1) is 13.0. The van der Waals surface area contributed by atoms with Crippen LogP contribution in [0.25, 0.3) is 0 Å². The van der Waals surface area contributed by atoms with Crippen molar-refractivity contribution in [3.05, 3.63) is 47.6 Å². The van der Waals surface area contributed by atoms with Crippen LogP contribution in [0.3, 0.4) is 0 Å². The summed E-state index contributed by atoms with van der Waals surface area (Å²) in [7, 11) is 14.9. The van der Waals surface area contributed by atoms with Gasteiger partial charge in [-0.3, -0.25) is 0 Å². The Balaban J connectivity index is 2.38. The van der Waals surface area contributed by atoms with Crippen LogP contribution in [0.4, 0.5) is 0 Å². The average Bonchev–Trinajstić information content (AvgIpc) is 3.11. The molecule has 3 heteroatoms. The summed E-state index contributed by atoms with van der Waals surface area (Å²) < 4.78 is -0.427. The topological polar surface area (TPSA) is 0 Å². The molecule has 2 unspecified atom stereocenters. The van der Waals surface area contributed by atoms with E-state index in [4.69, 9.17) is 17.0 Å². The molecule has 2 aliphatic rings. The van der Waals surface area contributed by atoms with Crippen LogP contribution in [-0.4, -0.2) is 0 Å². The molecule has 0 aromatic rings. The zero-order chi connectivity index (χ0) is 22.5. The normalized spacial score (nSPS) is 27.9. The third-order valence-electron chi connectivity index (χ3n) is 6.88. The molecule has 0 saturated heterocycles. The van der Waals surface area contributed by atoms with E-state index in [1.807, 2.05) is 0 Å². The fourth-order valence-corrected chi connectivity index (χ4v) is 14.2. The van der Waals surface area contributed by atoms with E-state index < -0.39 is 17.9 Å². The third kappa shape index (κ3) is 5.09. The van der Waals surface area contributed by atoms with Crippen molar-refractivity contribution in [1.29, 1.82) is 0 Å². The first-order valence-corrected chi connectivity index (χ1v) is 20.0. The van der Waals surface area contributed by atoms with Crippen LogP contribution in [0.1, 0.15) is 82.1 Å². The summed E-state index contributed by atoms with van der Waals surface area (Å²) in [5.41, 5.74) is 3.08. The molecule has 164 valence electrons. The van der Waals surface area contributed by atoms with Gasteiger partial charge in [-0.25, -0.2) is 0 Å². The molecule has 0 spiro atoms. The Labute approximate surface area is 192 Å². The molecule has 0 nitrogen and oxygen atoms in total. The first-order valence-electron chi connectivity index (χ1n) is 11.2. The fourth-order valence-electron chi connectivity index (χ4n) is 5.45. The molecule has 0 saturated carbocycles. The van der Waals surface area contributed by atoms with Gasteiger partial charge in [0.15, 0.2) is 0 Å². The summed E-state index contributed by atoms with van der Waals surface area (Å²) in [6.45, 7) is 23.1. The Morgan fingerprint density at radius 1 is 0.759 bits per heavy atom. The van der Waals surface area contributed by atoms with Gasteiger partial charge in [-0.1, -0.05) is 0 Å². The van der Waals surface area contributed by atoms with E-state index in [1.165, 1.54) is 11.1 Å². The molecule has 0 heterocycles. The zero-order valence-electron chi connectivity index (χ0n) is 20.3. The van der Waals surface area contributed by atoms with E-state index in [0.717, 1.165) is 12.8 Å². The van der Waals surface area contributed by atoms with Crippen molar-refractivity contribution in [3.8, 4) is 0 Å². The van der Waals surface area contributed by atoms with Crippen LogP contribution < -0.4 is 0 Å². The molecule has 0 N–H and O–H groups in total. The molecule has 0 aromatic heterocycles. The van der Waals surface area contributed by atoms with Crippen molar-refractivity contribution in [3.63, 3.8) is 0 Å². The second-order valence-electron chi connectivity index (χ2n) is 12.0. The van der Waals surface area contributed by atoms with E-state index in [-0.39, 0.29) is 17.1 Å². The Hall–Kier alpha value is 0.423. The molecule has 29 heavy (non-hydrogen) atoms. The Morgan fingerprint density at radius 2 is 1.07 bits per heavy atom. The second-order valence-corrected chi connectivity index (χ2v) is 27.9. The molecule has 2 rings (SSSR count). The first kappa shape index (κ1) is 25.7. The van der Waals surface area contributed by atoms with E-state index in [2.05, 4.69) is 106 Å². The Morgan fingerprint density at radius 3 is 1.34 bits per heavy atom. The summed E-state index contributed by atoms with van der Waals surface area (Å²) in [6, 6.07) is 0. The van der Waals surface area contributed by atoms with Gasteiger partial charge in [0.2, 0.25) is 0 Å². The van der Waals surface area contributed by atoms with Crippen LogP contribution in [0.15, 0.2) is 47.6 Å². The van der Waals surface area contributed by atoms with Crippen molar-refractivity contribution in [1.82, 2.24) is 0 Å². The maximum absolute atomic E-state index is 7.46. The van der Waals surface area contributed by atoms with Gasteiger partial charge in [-0.05, 0) is 0 Å². The Kier molecular flexibility index (Phi) is 7.45. The van der Waals surface area contributed by atoms with Gasteiger partial charge in [0.05, 0.1) is 0 Å². The molecule has 0 aliphatic heterocycles. The van der Waals surface area contributed by atoms with Gasteiger partial charge in [-0.15, -0.1) is 0 Å². The van der Waals surface area contributed by atoms with Crippen LogP contribution >= 0.6 is 17.0 Å². The summed E-state index contributed by atoms with van der Waals surface area (Å²) in [6.07, 6.45) is 16.4. The van der Waals surface area contributed by atoms with Gasteiger partial charge in [0, 0.05) is 0 Å². The van der Waals surface area contributed by atoms with Crippen LogP contribution in [0, 0.1) is 22.7 Å². The van der Waals surface area contributed by atoms with Crippen molar-refractivity contribution >= 4 is 17.0 Å². The monoisotopic (exact) mass is 514 g/mol. The van der Waals surface area contributed by atoms with Crippen LogP contribution in [-0.2, 0) is 17.9 Å². The molecule has 0 amide bonds. The molecule has 2 atom stereocenters. The van der Waals surface area contributed by atoms with E-state index in [1.54, 1.807) is 0 Å². The number of rotatable bonds is 8. The molecule has 0 radical (unpaired) electrons. The van der Waals surface area contributed by atoms with E-state index in [0.29, 0.717) is 11.8 Å². The number of hydrogen-bond donors (Lipinski definition) is 0. The fraction of sp³-hybridized carbons (Fsp3) is 0.692. The van der Waals surface area contributed by atoms with Gasteiger partial charge >= 0.3 is 193 Å². The maximum atomic E-state index is 7.46. The van der Waals surface area contributed by atoms with Crippen molar-refractivity contribution in [2.24, 2.45) is 22.7 Å². The minimum absolute atomic E-state index is 0.144. The number of hydrogen-bond acceptors (Lipinski definition) is 0. The molecular formula is C26H42Cl2Zr. The Bertz CT molecular complexity index is 687. The predicted molar refractivity (Wildman–Crippen MR) is 129 cm³/mol. The quantitative estimate of drug-likeness (QED) is 0.301. The second kappa shape index (κ2) is 8.41. The number of halogens is 2. The summed E-state index contributed by atoms with van der Waals surface area (Å²) >= 11 is -3.72. The van der Waals surface area contributed by atoms with E-state index in [9.17, 15) is 0 Å². The molecular weight excluding hydrogens is 474 g/mol. The SMILES string of the molecule is CC(C)CC(C)(C)C1=C[C](C)([Zr]([Cl])([Cl])[C]2(C)C=CC(C(C)(C)CC(C)C)=C2)C=C1. The molecule has 2 aliphatic carbocycles. The van der Waals surface area contributed by atoms with Gasteiger partial charge in [-0.2, -0.15) is 0 Å². The van der Waals surface area contributed by atoms with Crippen LogP contribution in [0.5, 0.6) is 0 Å². The van der Waals surface area contributed by atoms with E-state index >= 15 is 0 Å². The summed E-state index contributed by atoms with van der Waals surface area (Å²) in [5, 5.41) is 0. The van der Waals surface area contributed by atoms with Crippen molar-refractivity contribution in [2.45, 2.75) is 88.3 Å². The van der Waals surface area contributed by atoms with Crippen molar-refractivity contribution < 1.29 is 17.9 Å². The molecule has 0 bridgehead atoms. The summed E-state index contributed by atoms with van der Waals surface area (Å²) in [5.74, 6) is 1.32. The molecule has 0 aromatic carbocycles. The summed E-state index contributed by atoms with van der Waals surface area (Å²) in [4.78, 5) is 0. The third-order valence-corrected chi connectivity index (χ3v) is 24.7. The van der Waals surface area contributed by atoms with Gasteiger partial charge < -0.3 is 0 Å². The predicted octanol–water partition coefficient (Wildman–Crippen LogP) is 9.94. The standard InChI is InChI=1S/2C13H21.2ClH.Zr/c2*1-10(2)9-13(4,5)12-7-6-11(3)8-12;;;/h2*6-8,10H,9H2,1-5H3;2*1H;/q;;;;+2/p-2. The molecule has 0 fully saturated rings. The van der Waals surface area contributed by atoms with Crippen LogP contribution in [0.2, 0.25) is 6.25 Å². The minimum atomic E-state index is -3.72.